The van der Waals surface area contributed by atoms with Crippen molar-refractivity contribution in [2.24, 2.45) is 7.05 Å². The molecule has 0 atom stereocenters. The van der Waals surface area contributed by atoms with E-state index >= 15 is 0 Å². The van der Waals surface area contributed by atoms with Crippen LogP contribution in [0.3, 0.4) is 0 Å². The van der Waals surface area contributed by atoms with Gasteiger partial charge in [-0.05, 0) is 12.1 Å². The number of aryl methyl sites for hydroxylation is 1. The quantitative estimate of drug-likeness (QED) is 0.693. The zero-order chi connectivity index (χ0) is 15.8. The third-order valence-corrected chi connectivity index (χ3v) is 3.72. The molecule has 0 bridgehead atoms. The number of rotatable bonds is 3. The summed E-state index contributed by atoms with van der Waals surface area (Å²) in [7, 11) is 1.72. The number of hydrogen-bond acceptors (Lipinski definition) is 7. The average Bonchev–Trinajstić information content (AvgIpc) is 3.16. The zero-order valence-electron chi connectivity index (χ0n) is 12.3. The van der Waals surface area contributed by atoms with Crippen LogP contribution in [0.15, 0.2) is 35.2 Å². The smallest absolute Gasteiger partial charge is 0.276 e. The van der Waals surface area contributed by atoms with Gasteiger partial charge in [0.05, 0.1) is 12.1 Å². The maximum atomic E-state index is 12.2. The molecule has 1 aliphatic rings. The number of aromatic nitrogens is 6. The van der Waals surface area contributed by atoms with Gasteiger partial charge in [0.25, 0.3) is 5.91 Å². The first-order valence-electron chi connectivity index (χ1n) is 7.10. The molecule has 9 nitrogen and oxygen atoms in total. The van der Waals surface area contributed by atoms with E-state index in [1.54, 1.807) is 30.5 Å². The van der Waals surface area contributed by atoms with E-state index in [4.69, 9.17) is 4.52 Å². The van der Waals surface area contributed by atoms with Crippen LogP contribution in [0, 0.1) is 0 Å². The molecule has 0 aromatic carbocycles. The molecule has 116 valence electrons. The summed E-state index contributed by atoms with van der Waals surface area (Å²) in [6.45, 7) is 1.07. The minimum atomic E-state index is -0.136. The first-order chi connectivity index (χ1) is 11.2. The van der Waals surface area contributed by atoms with Gasteiger partial charge >= 0.3 is 0 Å². The summed E-state index contributed by atoms with van der Waals surface area (Å²) in [6, 6.07) is 3.64. The monoisotopic (exact) mass is 311 g/mol. The Morgan fingerprint density at radius 3 is 2.78 bits per heavy atom. The molecule has 0 unspecified atom stereocenters. The van der Waals surface area contributed by atoms with E-state index in [0.717, 1.165) is 5.56 Å². The Kier molecular flexibility index (Phi) is 3.11. The summed E-state index contributed by atoms with van der Waals surface area (Å²) in [5.74, 6) is 0.989. The number of carbonyl (C=O) groups is 1. The van der Waals surface area contributed by atoms with Crippen molar-refractivity contribution >= 4 is 5.91 Å². The van der Waals surface area contributed by atoms with Crippen molar-refractivity contribution in [3.63, 3.8) is 0 Å². The van der Waals surface area contributed by atoms with Crippen LogP contribution in [0.2, 0.25) is 0 Å². The van der Waals surface area contributed by atoms with E-state index < -0.39 is 0 Å². The normalized spacial score (nSPS) is 14.7. The molecule has 3 aromatic rings. The first kappa shape index (κ1) is 13.6. The van der Waals surface area contributed by atoms with E-state index in [1.165, 1.54) is 4.68 Å². The Bertz CT molecular complexity index is 836. The van der Waals surface area contributed by atoms with Crippen molar-refractivity contribution in [3.8, 4) is 11.4 Å². The van der Waals surface area contributed by atoms with Crippen molar-refractivity contribution in [1.82, 2.24) is 35.0 Å². The predicted molar refractivity (Wildman–Crippen MR) is 77.2 cm³/mol. The Labute approximate surface area is 130 Å². The van der Waals surface area contributed by atoms with Crippen molar-refractivity contribution in [1.29, 1.82) is 0 Å². The van der Waals surface area contributed by atoms with Gasteiger partial charge < -0.3 is 9.42 Å². The maximum absolute atomic E-state index is 12.2. The fraction of sp³-hybridized carbons (Fsp3) is 0.286. The molecule has 1 fully saturated rings. The van der Waals surface area contributed by atoms with E-state index in [2.05, 4.69) is 25.4 Å². The fourth-order valence-corrected chi connectivity index (χ4v) is 2.43. The van der Waals surface area contributed by atoms with Gasteiger partial charge in [-0.3, -0.25) is 14.5 Å². The number of nitrogens with zero attached hydrogens (tertiary/aromatic N) is 7. The molecule has 4 heterocycles. The second kappa shape index (κ2) is 5.27. The highest BCUT2D eigenvalue weighted by molar-refractivity contribution is 5.92. The van der Waals surface area contributed by atoms with Crippen molar-refractivity contribution in [2.75, 3.05) is 13.1 Å². The topological polar surface area (TPSA) is 103 Å². The van der Waals surface area contributed by atoms with Crippen LogP contribution in [0.1, 0.15) is 22.3 Å². The van der Waals surface area contributed by atoms with Crippen molar-refractivity contribution < 1.29 is 9.32 Å². The molecule has 3 aromatic heterocycles. The molecule has 0 N–H and O–H groups in total. The number of hydrogen-bond donors (Lipinski definition) is 0. The Morgan fingerprint density at radius 2 is 2.09 bits per heavy atom. The van der Waals surface area contributed by atoms with E-state index in [1.807, 2.05) is 12.1 Å². The minimum absolute atomic E-state index is 0.0544. The summed E-state index contributed by atoms with van der Waals surface area (Å²) >= 11 is 0. The summed E-state index contributed by atoms with van der Waals surface area (Å²) in [5, 5.41) is 11.6. The molecule has 1 aliphatic heterocycles. The van der Waals surface area contributed by atoms with Gasteiger partial charge in [0.2, 0.25) is 11.7 Å². The lowest BCUT2D eigenvalue weighted by Gasteiger charge is -2.36. The largest absolute Gasteiger partial charge is 0.339 e. The van der Waals surface area contributed by atoms with Crippen LogP contribution >= 0.6 is 0 Å². The van der Waals surface area contributed by atoms with Gasteiger partial charge in [-0.15, -0.1) is 5.10 Å². The van der Waals surface area contributed by atoms with Crippen molar-refractivity contribution in [3.05, 3.63) is 42.3 Å². The second-order valence-electron chi connectivity index (χ2n) is 5.38. The Morgan fingerprint density at radius 1 is 1.30 bits per heavy atom. The standard InChI is InChI=1S/C14H13N7O2/c1-20-8-11(17-19-20)14(22)21-6-10(7-21)13-16-12(18-23-13)9-2-4-15-5-3-9/h2-5,8,10H,6-7H2,1H3. The van der Waals surface area contributed by atoms with Crippen LogP contribution in [0.4, 0.5) is 0 Å². The molecule has 0 saturated carbocycles. The fourth-order valence-electron chi connectivity index (χ4n) is 2.43. The molecule has 1 saturated heterocycles. The lowest BCUT2D eigenvalue weighted by atomic mass is 10.00. The van der Waals surface area contributed by atoms with Gasteiger partial charge in [-0.2, -0.15) is 4.98 Å². The third-order valence-electron chi connectivity index (χ3n) is 3.72. The number of likely N-dealkylation sites (tertiary alicyclic amines) is 1. The summed E-state index contributed by atoms with van der Waals surface area (Å²) < 4.78 is 6.81. The highest BCUT2D eigenvalue weighted by Crippen LogP contribution is 2.28. The first-order valence-corrected chi connectivity index (χ1v) is 7.10. The summed E-state index contributed by atoms with van der Waals surface area (Å²) in [5.41, 5.74) is 1.19. The van der Waals surface area contributed by atoms with Crippen LogP contribution < -0.4 is 0 Å². The molecule has 1 amide bonds. The highest BCUT2D eigenvalue weighted by atomic mass is 16.5. The van der Waals surface area contributed by atoms with Crippen molar-refractivity contribution in [2.45, 2.75) is 5.92 Å². The summed E-state index contributed by atoms with van der Waals surface area (Å²) in [6.07, 6.45) is 4.95. The molecule has 9 heteroatoms. The molecule has 0 radical (unpaired) electrons. The zero-order valence-corrected chi connectivity index (χ0v) is 12.3. The lowest BCUT2D eigenvalue weighted by molar-refractivity contribution is 0.0563. The van der Waals surface area contributed by atoms with E-state index in [9.17, 15) is 4.79 Å². The molecule has 0 aliphatic carbocycles. The number of pyridine rings is 1. The molecule has 4 rings (SSSR count). The van der Waals surface area contributed by atoms with Crippen LogP contribution in [-0.2, 0) is 7.05 Å². The Balaban J connectivity index is 1.42. The third kappa shape index (κ3) is 2.45. The van der Waals surface area contributed by atoms with Crippen LogP contribution in [-0.4, -0.2) is 54.0 Å². The minimum Gasteiger partial charge on any atom is -0.339 e. The predicted octanol–water partition coefficient (Wildman–Crippen LogP) is 0.500. The van der Waals surface area contributed by atoms with Gasteiger partial charge in [-0.25, -0.2) is 0 Å². The number of amides is 1. The van der Waals surface area contributed by atoms with Crippen LogP contribution in [0.25, 0.3) is 11.4 Å². The highest BCUT2D eigenvalue weighted by Gasteiger charge is 2.36. The SMILES string of the molecule is Cn1cc(C(=O)N2CC(c3nc(-c4ccncc4)no3)C2)nn1. The molecule has 23 heavy (non-hydrogen) atoms. The number of carbonyl (C=O) groups excluding carboxylic acids is 1. The molecular formula is C14H13N7O2. The average molecular weight is 311 g/mol. The van der Waals surface area contributed by atoms with Gasteiger partial charge in [0, 0.05) is 38.1 Å². The van der Waals surface area contributed by atoms with Gasteiger partial charge in [0.1, 0.15) is 0 Å². The van der Waals surface area contributed by atoms with Gasteiger partial charge in [-0.1, -0.05) is 10.4 Å². The second-order valence-corrected chi connectivity index (χ2v) is 5.38. The van der Waals surface area contributed by atoms with E-state index in [0.29, 0.717) is 30.5 Å². The van der Waals surface area contributed by atoms with E-state index in [-0.39, 0.29) is 11.8 Å². The molecular weight excluding hydrogens is 298 g/mol. The van der Waals surface area contributed by atoms with Gasteiger partial charge in [0.15, 0.2) is 5.69 Å². The van der Waals surface area contributed by atoms with Crippen LogP contribution in [0.5, 0.6) is 0 Å². The maximum Gasteiger partial charge on any atom is 0.276 e. The Hall–Kier alpha value is -3.10. The molecule has 0 spiro atoms. The summed E-state index contributed by atoms with van der Waals surface area (Å²) in [4.78, 5) is 22.2. The lowest BCUT2D eigenvalue weighted by Crippen LogP contribution is -2.48.